The van der Waals surface area contributed by atoms with Crippen molar-refractivity contribution in [2.45, 2.75) is 58.3 Å². The van der Waals surface area contributed by atoms with Gasteiger partial charge in [-0.05, 0) is 54.3 Å². The predicted octanol–water partition coefficient (Wildman–Crippen LogP) is 11.2. The molecule has 0 fully saturated rings. The normalized spacial score (nSPS) is 11.6. The van der Waals surface area contributed by atoms with Crippen LogP contribution in [0.5, 0.6) is 0 Å². The van der Waals surface area contributed by atoms with E-state index in [0.29, 0.717) is 0 Å². The molecule has 4 aromatic carbocycles. The van der Waals surface area contributed by atoms with Crippen LogP contribution < -0.4 is 5.32 Å². The van der Waals surface area contributed by atoms with Gasteiger partial charge in [0.15, 0.2) is 0 Å². The topological polar surface area (TPSA) is 61.5 Å². The largest absolute Gasteiger partial charge is 0.383 e. The van der Waals surface area contributed by atoms with Crippen LogP contribution in [0.2, 0.25) is 0 Å². The molecule has 1 N–H and O–H groups in total. The van der Waals surface area contributed by atoms with Gasteiger partial charge in [0.1, 0.15) is 5.69 Å². The van der Waals surface area contributed by atoms with E-state index < -0.39 is 0 Å². The smallest absolute Gasteiger partial charge is 0.117 e. The van der Waals surface area contributed by atoms with Crippen LogP contribution in [0, 0.1) is 0 Å². The first-order chi connectivity index (χ1) is 18.3. The van der Waals surface area contributed by atoms with Crippen LogP contribution in [0.15, 0.2) is 111 Å². The first kappa shape index (κ1) is 26.2. The molecule has 0 aliphatic heterocycles. The second-order valence-electron chi connectivity index (χ2n) is 9.34. The quantitative estimate of drug-likeness (QED) is 0.138. The summed E-state index contributed by atoms with van der Waals surface area (Å²) in [5, 5.41) is 23.7. The van der Waals surface area contributed by atoms with Gasteiger partial charge < -0.3 is 5.32 Å². The molecule has 5 nitrogen and oxygen atoms in total. The van der Waals surface area contributed by atoms with Crippen LogP contribution in [0.1, 0.15) is 58.3 Å². The van der Waals surface area contributed by atoms with Crippen molar-refractivity contribution in [3.05, 3.63) is 91.0 Å². The lowest BCUT2D eigenvalue weighted by Gasteiger charge is -2.11. The van der Waals surface area contributed by atoms with E-state index in [-0.39, 0.29) is 0 Å². The van der Waals surface area contributed by atoms with E-state index in [1.807, 2.05) is 54.6 Å². The number of hydrogen-bond acceptors (Lipinski definition) is 5. The summed E-state index contributed by atoms with van der Waals surface area (Å²) < 4.78 is 0. The molecule has 0 spiro atoms. The van der Waals surface area contributed by atoms with Gasteiger partial charge in [0, 0.05) is 11.9 Å². The van der Waals surface area contributed by atoms with Gasteiger partial charge in [0.25, 0.3) is 0 Å². The highest BCUT2D eigenvalue weighted by Crippen LogP contribution is 2.35. The molecular weight excluding hydrogens is 454 g/mol. The third-order valence-electron chi connectivity index (χ3n) is 6.40. The Bertz CT molecular complexity index is 1280. The zero-order valence-electron chi connectivity index (χ0n) is 21.8. The maximum absolute atomic E-state index is 4.69. The fourth-order valence-corrected chi connectivity index (χ4v) is 4.29. The van der Waals surface area contributed by atoms with E-state index in [2.05, 4.69) is 64.0 Å². The summed E-state index contributed by atoms with van der Waals surface area (Å²) >= 11 is 0. The minimum atomic E-state index is 0.778. The number of rotatable bonds is 14. The molecule has 4 rings (SSSR count). The van der Waals surface area contributed by atoms with Crippen LogP contribution in [-0.2, 0) is 0 Å². The third kappa shape index (κ3) is 8.35. The van der Waals surface area contributed by atoms with Crippen molar-refractivity contribution in [2.24, 2.45) is 20.5 Å². The maximum atomic E-state index is 4.69. The molecule has 0 atom stereocenters. The molecule has 0 bridgehead atoms. The second-order valence-corrected chi connectivity index (χ2v) is 9.34. The highest BCUT2D eigenvalue weighted by atomic mass is 15.1. The second kappa shape index (κ2) is 14.6. The molecule has 0 radical (unpaired) electrons. The van der Waals surface area contributed by atoms with Gasteiger partial charge in [0.05, 0.1) is 22.7 Å². The summed E-state index contributed by atoms with van der Waals surface area (Å²) in [6.45, 7) is 3.21. The molecule has 37 heavy (non-hydrogen) atoms. The van der Waals surface area contributed by atoms with Gasteiger partial charge in [-0.15, -0.1) is 5.11 Å². The zero-order valence-corrected chi connectivity index (χ0v) is 21.8. The fourth-order valence-electron chi connectivity index (χ4n) is 4.29. The summed E-state index contributed by atoms with van der Waals surface area (Å²) in [6, 6.07) is 30.0. The molecule has 0 unspecified atom stereocenters. The van der Waals surface area contributed by atoms with Crippen molar-refractivity contribution in [3.8, 4) is 0 Å². The average molecular weight is 492 g/mol. The minimum absolute atomic E-state index is 0.778. The summed E-state index contributed by atoms with van der Waals surface area (Å²) in [4.78, 5) is 0. The lowest BCUT2D eigenvalue weighted by Crippen LogP contribution is -2.01. The monoisotopic (exact) mass is 491 g/mol. The van der Waals surface area contributed by atoms with Crippen molar-refractivity contribution < 1.29 is 0 Å². The number of nitrogens with one attached hydrogen (secondary N) is 1. The Hall–Kier alpha value is -3.86. The molecule has 190 valence electrons. The summed E-state index contributed by atoms with van der Waals surface area (Å²) in [5.41, 5.74) is 4.29. The molecule has 0 saturated heterocycles. The van der Waals surface area contributed by atoms with Gasteiger partial charge in [-0.3, -0.25) is 0 Å². The van der Waals surface area contributed by atoms with Crippen LogP contribution in [0.25, 0.3) is 10.8 Å². The van der Waals surface area contributed by atoms with Crippen molar-refractivity contribution in [1.29, 1.82) is 0 Å². The van der Waals surface area contributed by atoms with Gasteiger partial charge in [-0.1, -0.05) is 100 Å². The van der Waals surface area contributed by atoms with E-state index in [9.17, 15) is 0 Å². The number of hydrogen-bond donors (Lipinski definition) is 1. The average Bonchev–Trinajstić information content (AvgIpc) is 2.95. The zero-order chi connectivity index (χ0) is 25.5. The highest BCUT2D eigenvalue weighted by Gasteiger charge is 2.07. The molecule has 0 aliphatic rings. The number of fused-ring (bicyclic) bond motifs is 1. The Morgan fingerprint density at radius 3 is 1.78 bits per heavy atom. The maximum Gasteiger partial charge on any atom is 0.117 e. The predicted molar refractivity (Wildman–Crippen MR) is 156 cm³/mol. The summed E-state index contributed by atoms with van der Waals surface area (Å²) in [7, 11) is 0. The first-order valence-electron chi connectivity index (χ1n) is 13.6. The summed E-state index contributed by atoms with van der Waals surface area (Å²) in [6.07, 6.45) is 10.5. The van der Waals surface area contributed by atoms with E-state index >= 15 is 0 Å². The Labute approximate surface area is 220 Å². The standard InChI is InChI=1S/C32H37N5/c1-2-3-4-5-6-7-8-14-25-33-31-24-19-26-15-12-13-18-30(26)32(31)37-36-29-22-20-28(21-23-29)35-34-27-16-10-9-11-17-27/h9-13,15-24,33H,2-8,14,25H2,1H3. The lowest BCUT2D eigenvalue weighted by molar-refractivity contribution is 0.581. The van der Waals surface area contributed by atoms with Crippen molar-refractivity contribution >= 4 is 39.2 Å². The van der Waals surface area contributed by atoms with Crippen molar-refractivity contribution in [3.63, 3.8) is 0 Å². The third-order valence-corrected chi connectivity index (χ3v) is 6.40. The van der Waals surface area contributed by atoms with Gasteiger partial charge in [-0.2, -0.15) is 15.3 Å². The Balaban J connectivity index is 1.39. The van der Waals surface area contributed by atoms with E-state index in [0.717, 1.165) is 52.2 Å². The molecule has 0 aliphatic carbocycles. The molecule has 0 aromatic heterocycles. The number of anilines is 1. The molecule has 0 saturated carbocycles. The van der Waals surface area contributed by atoms with Gasteiger partial charge in [0.2, 0.25) is 0 Å². The molecular formula is C32H37N5. The minimum Gasteiger partial charge on any atom is -0.383 e. The van der Waals surface area contributed by atoms with Crippen molar-refractivity contribution in [1.82, 2.24) is 0 Å². The van der Waals surface area contributed by atoms with E-state index in [1.54, 1.807) is 0 Å². The molecule has 5 heteroatoms. The van der Waals surface area contributed by atoms with Crippen molar-refractivity contribution in [2.75, 3.05) is 11.9 Å². The van der Waals surface area contributed by atoms with Crippen LogP contribution in [0.3, 0.4) is 0 Å². The summed E-state index contributed by atoms with van der Waals surface area (Å²) in [5.74, 6) is 0. The Morgan fingerprint density at radius 2 is 1.08 bits per heavy atom. The SMILES string of the molecule is CCCCCCCCCCNc1ccc2ccccc2c1N=Nc1ccc(N=Nc2ccccc2)cc1. The van der Waals surface area contributed by atoms with Crippen LogP contribution in [0.4, 0.5) is 28.4 Å². The van der Waals surface area contributed by atoms with E-state index in [4.69, 9.17) is 5.11 Å². The van der Waals surface area contributed by atoms with Gasteiger partial charge in [-0.25, -0.2) is 0 Å². The highest BCUT2D eigenvalue weighted by molar-refractivity contribution is 5.98. The van der Waals surface area contributed by atoms with Gasteiger partial charge >= 0.3 is 0 Å². The number of azo groups is 2. The number of benzene rings is 4. The Morgan fingerprint density at radius 1 is 0.514 bits per heavy atom. The lowest BCUT2D eigenvalue weighted by atomic mass is 10.1. The molecule has 0 heterocycles. The fraction of sp³-hybridized carbons (Fsp3) is 0.312. The Kier molecular flexibility index (Phi) is 10.4. The number of nitrogens with zero attached hydrogens (tertiary/aromatic N) is 4. The van der Waals surface area contributed by atoms with Crippen LogP contribution >= 0.6 is 0 Å². The molecule has 4 aromatic rings. The number of unbranched alkanes of at least 4 members (excludes halogenated alkanes) is 7. The van der Waals surface area contributed by atoms with Crippen LogP contribution in [-0.4, -0.2) is 6.54 Å². The molecule has 0 amide bonds. The first-order valence-corrected chi connectivity index (χ1v) is 13.6. The van der Waals surface area contributed by atoms with E-state index in [1.165, 1.54) is 44.9 Å².